The van der Waals surface area contributed by atoms with Crippen LogP contribution in [0.2, 0.25) is 0 Å². The number of fused-ring (bicyclic) bond motifs is 1. The van der Waals surface area contributed by atoms with E-state index in [4.69, 9.17) is 0 Å². The molecule has 0 amide bonds. The minimum absolute atomic E-state index is 0.0574. The number of carbonyl (C=O) groups is 1. The van der Waals surface area contributed by atoms with Gasteiger partial charge in [0.1, 0.15) is 5.76 Å². The van der Waals surface area contributed by atoms with Crippen LogP contribution in [0.5, 0.6) is 0 Å². The van der Waals surface area contributed by atoms with E-state index in [0.29, 0.717) is 18.4 Å². The molecule has 2 heteroatoms. The van der Waals surface area contributed by atoms with Crippen LogP contribution >= 0.6 is 0 Å². The first-order valence-electron chi connectivity index (χ1n) is 5.27. The van der Waals surface area contributed by atoms with Gasteiger partial charge in [-0.25, -0.2) is 0 Å². The Kier molecular flexibility index (Phi) is 2.58. The Bertz CT molecular complexity index is 430. The lowest BCUT2D eigenvalue weighted by Gasteiger charge is -2.18. The third kappa shape index (κ3) is 1.67. The standard InChI is InChI=1S/C13H14O2/c1-2-12(14)11-8-7-9-5-3-4-6-10(9)13(11)15/h3-6,15H,2,7-8H2,1H3. The first-order valence-corrected chi connectivity index (χ1v) is 5.27. The Hall–Kier alpha value is -1.57. The van der Waals surface area contributed by atoms with Gasteiger partial charge >= 0.3 is 0 Å². The summed E-state index contributed by atoms with van der Waals surface area (Å²) in [6.07, 6.45) is 1.97. The molecule has 1 aromatic carbocycles. The Labute approximate surface area is 89.2 Å². The van der Waals surface area contributed by atoms with Crippen LogP contribution in [0.3, 0.4) is 0 Å². The Morgan fingerprint density at radius 3 is 2.80 bits per heavy atom. The molecule has 1 N–H and O–H groups in total. The molecule has 0 bridgehead atoms. The molecule has 0 heterocycles. The zero-order valence-corrected chi connectivity index (χ0v) is 8.79. The van der Waals surface area contributed by atoms with E-state index in [1.807, 2.05) is 31.2 Å². The third-order valence-electron chi connectivity index (χ3n) is 2.86. The van der Waals surface area contributed by atoms with E-state index in [1.165, 1.54) is 0 Å². The summed E-state index contributed by atoms with van der Waals surface area (Å²) >= 11 is 0. The van der Waals surface area contributed by atoms with Crippen molar-refractivity contribution < 1.29 is 9.90 Å². The molecular weight excluding hydrogens is 188 g/mol. The third-order valence-corrected chi connectivity index (χ3v) is 2.86. The summed E-state index contributed by atoms with van der Waals surface area (Å²) in [5.41, 5.74) is 2.54. The summed E-state index contributed by atoms with van der Waals surface area (Å²) in [7, 11) is 0. The van der Waals surface area contributed by atoms with Crippen molar-refractivity contribution in [1.82, 2.24) is 0 Å². The fourth-order valence-corrected chi connectivity index (χ4v) is 1.99. The fourth-order valence-electron chi connectivity index (χ4n) is 1.99. The van der Waals surface area contributed by atoms with E-state index in [9.17, 15) is 9.90 Å². The summed E-state index contributed by atoms with van der Waals surface area (Å²) in [6, 6.07) is 7.71. The Morgan fingerprint density at radius 1 is 1.33 bits per heavy atom. The van der Waals surface area contributed by atoms with Crippen molar-refractivity contribution in [2.24, 2.45) is 0 Å². The van der Waals surface area contributed by atoms with Crippen LogP contribution in [0.4, 0.5) is 0 Å². The number of hydrogen-bond donors (Lipinski definition) is 1. The number of Topliss-reactive ketones (excluding diaryl/α,β-unsaturated/α-hetero) is 1. The van der Waals surface area contributed by atoms with E-state index >= 15 is 0 Å². The lowest BCUT2D eigenvalue weighted by Crippen LogP contribution is -2.11. The number of benzene rings is 1. The number of aliphatic hydroxyl groups excluding tert-OH is 1. The van der Waals surface area contributed by atoms with Crippen LogP contribution in [-0.2, 0) is 11.2 Å². The first kappa shape index (κ1) is 9.97. The minimum Gasteiger partial charge on any atom is -0.507 e. The van der Waals surface area contributed by atoms with Gasteiger partial charge in [-0.05, 0) is 18.4 Å². The molecule has 1 aliphatic rings. The van der Waals surface area contributed by atoms with Crippen LogP contribution in [0.15, 0.2) is 29.8 Å². The summed E-state index contributed by atoms with van der Waals surface area (Å²) in [5, 5.41) is 9.98. The predicted octanol–water partition coefficient (Wildman–Crippen LogP) is 2.88. The molecule has 1 aliphatic carbocycles. The average Bonchev–Trinajstić information content (AvgIpc) is 2.29. The minimum atomic E-state index is 0.0574. The number of allylic oxidation sites excluding steroid dienone is 1. The maximum Gasteiger partial charge on any atom is 0.162 e. The molecule has 0 aromatic heterocycles. The molecule has 0 atom stereocenters. The maximum atomic E-state index is 11.6. The van der Waals surface area contributed by atoms with Crippen molar-refractivity contribution in [2.45, 2.75) is 26.2 Å². The lowest BCUT2D eigenvalue weighted by molar-refractivity contribution is -0.115. The van der Waals surface area contributed by atoms with E-state index in [1.54, 1.807) is 0 Å². The zero-order chi connectivity index (χ0) is 10.8. The Morgan fingerprint density at radius 2 is 2.07 bits per heavy atom. The number of rotatable bonds is 2. The van der Waals surface area contributed by atoms with Crippen molar-refractivity contribution in [3.63, 3.8) is 0 Å². The van der Waals surface area contributed by atoms with Gasteiger partial charge in [0.25, 0.3) is 0 Å². The molecule has 2 rings (SSSR count). The molecular formula is C13H14O2. The maximum absolute atomic E-state index is 11.6. The number of hydrogen-bond acceptors (Lipinski definition) is 2. The lowest BCUT2D eigenvalue weighted by atomic mass is 9.88. The van der Waals surface area contributed by atoms with Crippen LogP contribution in [0.1, 0.15) is 30.9 Å². The van der Waals surface area contributed by atoms with Crippen molar-refractivity contribution >= 4 is 11.5 Å². The second-order valence-electron chi connectivity index (χ2n) is 3.76. The van der Waals surface area contributed by atoms with E-state index in [0.717, 1.165) is 17.5 Å². The van der Waals surface area contributed by atoms with Gasteiger partial charge in [-0.3, -0.25) is 4.79 Å². The van der Waals surface area contributed by atoms with Crippen molar-refractivity contribution in [3.8, 4) is 0 Å². The highest BCUT2D eigenvalue weighted by Gasteiger charge is 2.21. The number of aryl methyl sites for hydroxylation is 1. The summed E-state index contributed by atoms with van der Waals surface area (Å²) in [4.78, 5) is 11.6. The molecule has 0 spiro atoms. The highest BCUT2D eigenvalue weighted by molar-refractivity contribution is 6.01. The molecule has 0 saturated carbocycles. The van der Waals surface area contributed by atoms with Gasteiger partial charge in [-0.2, -0.15) is 0 Å². The van der Waals surface area contributed by atoms with Crippen LogP contribution < -0.4 is 0 Å². The normalized spacial score (nSPS) is 15.0. The molecule has 0 fully saturated rings. The topological polar surface area (TPSA) is 37.3 Å². The number of ketones is 1. The fraction of sp³-hybridized carbons (Fsp3) is 0.308. The SMILES string of the molecule is CCC(=O)C1=C(O)c2ccccc2CC1. The quantitative estimate of drug-likeness (QED) is 0.800. The summed E-state index contributed by atoms with van der Waals surface area (Å²) in [5.74, 6) is 0.241. The predicted molar refractivity (Wildman–Crippen MR) is 59.6 cm³/mol. The smallest absolute Gasteiger partial charge is 0.162 e. The number of carbonyl (C=O) groups excluding carboxylic acids is 1. The highest BCUT2D eigenvalue weighted by atomic mass is 16.3. The van der Waals surface area contributed by atoms with Gasteiger partial charge < -0.3 is 5.11 Å². The van der Waals surface area contributed by atoms with Crippen molar-refractivity contribution in [1.29, 1.82) is 0 Å². The van der Waals surface area contributed by atoms with Crippen molar-refractivity contribution in [3.05, 3.63) is 41.0 Å². The van der Waals surface area contributed by atoms with Gasteiger partial charge in [0, 0.05) is 17.6 Å². The molecule has 78 valence electrons. The van der Waals surface area contributed by atoms with Crippen LogP contribution in [0.25, 0.3) is 5.76 Å². The molecule has 1 aromatic rings. The second kappa shape index (κ2) is 3.89. The molecule has 2 nitrogen and oxygen atoms in total. The first-order chi connectivity index (χ1) is 7.24. The number of aliphatic hydroxyl groups is 1. The molecule has 0 aliphatic heterocycles. The van der Waals surface area contributed by atoms with Crippen LogP contribution in [0, 0.1) is 0 Å². The summed E-state index contributed by atoms with van der Waals surface area (Å²) < 4.78 is 0. The molecule has 0 unspecified atom stereocenters. The zero-order valence-electron chi connectivity index (χ0n) is 8.79. The molecule has 0 radical (unpaired) electrons. The van der Waals surface area contributed by atoms with E-state index < -0.39 is 0 Å². The second-order valence-corrected chi connectivity index (χ2v) is 3.76. The Balaban J connectivity index is 2.49. The monoisotopic (exact) mass is 202 g/mol. The van der Waals surface area contributed by atoms with Gasteiger partial charge in [0.15, 0.2) is 5.78 Å². The van der Waals surface area contributed by atoms with Gasteiger partial charge in [-0.15, -0.1) is 0 Å². The van der Waals surface area contributed by atoms with Crippen LogP contribution in [-0.4, -0.2) is 10.9 Å². The van der Waals surface area contributed by atoms with Gasteiger partial charge in [0.05, 0.1) is 0 Å². The molecule has 15 heavy (non-hydrogen) atoms. The highest BCUT2D eigenvalue weighted by Crippen LogP contribution is 2.30. The molecule has 0 saturated heterocycles. The van der Waals surface area contributed by atoms with E-state index in [-0.39, 0.29) is 11.5 Å². The average molecular weight is 202 g/mol. The van der Waals surface area contributed by atoms with Gasteiger partial charge in [0.2, 0.25) is 0 Å². The van der Waals surface area contributed by atoms with Gasteiger partial charge in [-0.1, -0.05) is 31.2 Å². The summed E-state index contributed by atoms with van der Waals surface area (Å²) in [6.45, 7) is 1.82. The largest absolute Gasteiger partial charge is 0.507 e. The van der Waals surface area contributed by atoms with Crippen molar-refractivity contribution in [2.75, 3.05) is 0 Å². The van der Waals surface area contributed by atoms with E-state index in [2.05, 4.69) is 0 Å².